The number of piperidine rings is 1. The molecular formula is C21H27N3O4S. The number of aryl methyl sites for hydroxylation is 1. The molecule has 8 heteroatoms. The first-order valence-corrected chi connectivity index (χ1v) is 11.1. The first-order valence-electron chi connectivity index (χ1n) is 9.58. The monoisotopic (exact) mass is 417 g/mol. The number of methoxy groups -OCH3 is 1. The Labute approximate surface area is 172 Å². The first-order chi connectivity index (χ1) is 13.8. The summed E-state index contributed by atoms with van der Waals surface area (Å²) in [5, 5.41) is 2.63. The van der Waals surface area contributed by atoms with Gasteiger partial charge in [-0.1, -0.05) is 6.07 Å². The first kappa shape index (κ1) is 21.1. The molecule has 3 rings (SSSR count). The smallest absolute Gasteiger partial charge is 0.241 e. The van der Waals surface area contributed by atoms with Crippen LogP contribution in [0.5, 0.6) is 5.75 Å². The lowest BCUT2D eigenvalue weighted by molar-refractivity contribution is -0.114. The van der Waals surface area contributed by atoms with Gasteiger partial charge < -0.3 is 15.0 Å². The van der Waals surface area contributed by atoms with E-state index < -0.39 is 10.0 Å². The molecule has 1 fully saturated rings. The number of nitrogens with zero attached hydrogens (tertiary/aromatic N) is 1. The normalized spacial score (nSPS) is 15.2. The van der Waals surface area contributed by atoms with Gasteiger partial charge in [0.1, 0.15) is 5.75 Å². The van der Waals surface area contributed by atoms with Crippen molar-refractivity contribution in [1.82, 2.24) is 4.72 Å². The molecule has 2 aromatic rings. The molecule has 1 saturated heterocycles. The molecule has 2 aromatic carbocycles. The van der Waals surface area contributed by atoms with Crippen molar-refractivity contribution in [3.8, 4) is 5.75 Å². The molecule has 0 bridgehead atoms. The zero-order chi connectivity index (χ0) is 21.0. The van der Waals surface area contributed by atoms with E-state index in [1.54, 1.807) is 26.2 Å². The molecule has 0 radical (unpaired) electrons. The minimum atomic E-state index is -3.68. The molecule has 1 aliphatic heterocycles. The second kappa shape index (κ2) is 8.84. The summed E-state index contributed by atoms with van der Waals surface area (Å²) in [6.07, 6.45) is 1.44. The lowest BCUT2D eigenvalue weighted by Gasteiger charge is -2.34. The summed E-state index contributed by atoms with van der Waals surface area (Å²) in [5.41, 5.74) is 2.21. The molecule has 1 heterocycles. The molecule has 0 spiro atoms. The summed E-state index contributed by atoms with van der Waals surface area (Å²) in [6, 6.07) is 12.7. The maximum atomic E-state index is 12.9. The van der Waals surface area contributed by atoms with Crippen LogP contribution in [-0.2, 0) is 14.8 Å². The molecule has 2 N–H and O–H groups in total. The van der Waals surface area contributed by atoms with E-state index in [2.05, 4.69) is 14.9 Å². The van der Waals surface area contributed by atoms with E-state index in [-0.39, 0.29) is 16.8 Å². The van der Waals surface area contributed by atoms with E-state index in [0.29, 0.717) is 11.3 Å². The van der Waals surface area contributed by atoms with Gasteiger partial charge in [0.2, 0.25) is 15.9 Å². The predicted molar refractivity (Wildman–Crippen MR) is 114 cm³/mol. The van der Waals surface area contributed by atoms with Crippen LogP contribution in [0, 0.1) is 6.92 Å². The molecule has 7 nitrogen and oxygen atoms in total. The molecule has 29 heavy (non-hydrogen) atoms. The molecule has 0 saturated carbocycles. The Morgan fingerprint density at radius 2 is 1.76 bits per heavy atom. The fourth-order valence-corrected chi connectivity index (χ4v) is 5.08. The fraction of sp³-hybridized carbons (Fsp3) is 0.381. The summed E-state index contributed by atoms with van der Waals surface area (Å²) >= 11 is 0. The van der Waals surface area contributed by atoms with Crippen molar-refractivity contribution in [2.45, 2.75) is 37.6 Å². The Kier molecular flexibility index (Phi) is 6.44. The van der Waals surface area contributed by atoms with Crippen molar-refractivity contribution in [2.75, 3.05) is 30.4 Å². The van der Waals surface area contributed by atoms with Gasteiger partial charge in [-0.05, 0) is 61.7 Å². The summed E-state index contributed by atoms with van der Waals surface area (Å²) in [7, 11) is -2.04. The van der Waals surface area contributed by atoms with E-state index in [4.69, 9.17) is 4.74 Å². The summed E-state index contributed by atoms with van der Waals surface area (Å²) in [4.78, 5) is 13.7. The predicted octanol–water partition coefficient (Wildman–Crippen LogP) is 2.91. The molecule has 0 aliphatic carbocycles. The number of anilines is 2. The van der Waals surface area contributed by atoms with Crippen molar-refractivity contribution in [2.24, 2.45) is 0 Å². The van der Waals surface area contributed by atoms with Crippen molar-refractivity contribution >= 4 is 27.3 Å². The van der Waals surface area contributed by atoms with Gasteiger partial charge in [-0.2, -0.15) is 0 Å². The molecule has 156 valence electrons. The quantitative estimate of drug-likeness (QED) is 0.755. The maximum absolute atomic E-state index is 12.9. The topological polar surface area (TPSA) is 87.7 Å². The SMILES string of the molecule is COc1ccc(N2CCC(NS(=O)(=O)c3cc(NC(C)=O)ccc3C)CC2)cc1. The van der Waals surface area contributed by atoms with Crippen LogP contribution in [0.3, 0.4) is 0 Å². The van der Waals surface area contributed by atoms with E-state index in [9.17, 15) is 13.2 Å². The van der Waals surface area contributed by atoms with E-state index >= 15 is 0 Å². The number of ether oxygens (including phenoxy) is 1. The molecule has 0 atom stereocenters. The Morgan fingerprint density at radius 3 is 2.34 bits per heavy atom. The Bertz CT molecular complexity index is 966. The second-order valence-electron chi connectivity index (χ2n) is 7.24. The van der Waals surface area contributed by atoms with Crippen LogP contribution in [0.2, 0.25) is 0 Å². The van der Waals surface area contributed by atoms with Gasteiger partial charge >= 0.3 is 0 Å². The number of nitrogens with one attached hydrogen (secondary N) is 2. The number of benzene rings is 2. The third-order valence-corrected chi connectivity index (χ3v) is 6.71. The number of carbonyl (C=O) groups is 1. The van der Waals surface area contributed by atoms with Gasteiger partial charge in [0.15, 0.2) is 0 Å². The minimum absolute atomic E-state index is 0.127. The van der Waals surface area contributed by atoms with Crippen LogP contribution in [-0.4, -0.2) is 40.6 Å². The molecule has 1 amide bonds. The molecule has 0 aromatic heterocycles. The van der Waals surface area contributed by atoms with Crippen molar-refractivity contribution in [1.29, 1.82) is 0 Å². The summed E-state index contributed by atoms with van der Waals surface area (Å²) in [5.74, 6) is 0.573. The Hall–Kier alpha value is -2.58. The Balaban J connectivity index is 1.65. The van der Waals surface area contributed by atoms with Gasteiger partial charge in [-0.25, -0.2) is 13.1 Å². The van der Waals surface area contributed by atoms with E-state index in [0.717, 1.165) is 37.4 Å². The van der Waals surface area contributed by atoms with Crippen LogP contribution < -0.4 is 19.7 Å². The minimum Gasteiger partial charge on any atom is -0.497 e. The average molecular weight is 418 g/mol. The van der Waals surface area contributed by atoms with Crippen molar-refractivity contribution in [3.05, 3.63) is 48.0 Å². The van der Waals surface area contributed by atoms with E-state index in [1.807, 2.05) is 24.3 Å². The lowest BCUT2D eigenvalue weighted by Crippen LogP contribution is -2.44. The fourth-order valence-electron chi connectivity index (χ4n) is 3.50. The highest BCUT2D eigenvalue weighted by Crippen LogP contribution is 2.25. The van der Waals surface area contributed by atoms with Crippen LogP contribution in [0.15, 0.2) is 47.4 Å². The van der Waals surface area contributed by atoms with Gasteiger partial charge in [0.05, 0.1) is 12.0 Å². The number of rotatable bonds is 6. The Morgan fingerprint density at radius 1 is 1.10 bits per heavy atom. The van der Waals surface area contributed by atoms with Crippen LogP contribution in [0.1, 0.15) is 25.3 Å². The molecular weight excluding hydrogens is 390 g/mol. The van der Waals surface area contributed by atoms with Crippen LogP contribution in [0.25, 0.3) is 0 Å². The zero-order valence-electron chi connectivity index (χ0n) is 16.9. The maximum Gasteiger partial charge on any atom is 0.241 e. The number of amides is 1. The highest BCUT2D eigenvalue weighted by molar-refractivity contribution is 7.89. The van der Waals surface area contributed by atoms with Crippen LogP contribution >= 0.6 is 0 Å². The summed E-state index contributed by atoms with van der Waals surface area (Å²) < 4.78 is 33.9. The van der Waals surface area contributed by atoms with Gasteiger partial charge in [-0.15, -0.1) is 0 Å². The standard InChI is InChI=1S/C21H27N3O4S/c1-15-4-5-18(22-16(2)25)14-21(15)29(26,27)23-17-10-12-24(13-11-17)19-6-8-20(28-3)9-7-19/h4-9,14,17,23H,10-13H2,1-3H3,(H,22,25). The van der Waals surface area contributed by atoms with Crippen molar-refractivity contribution in [3.63, 3.8) is 0 Å². The second-order valence-corrected chi connectivity index (χ2v) is 8.92. The molecule has 0 unspecified atom stereocenters. The largest absolute Gasteiger partial charge is 0.497 e. The molecule has 1 aliphatic rings. The van der Waals surface area contributed by atoms with Gasteiger partial charge in [0, 0.05) is 37.4 Å². The van der Waals surface area contributed by atoms with Crippen LogP contribution in [0.4, 0.5) is 11.4 Å². The average Bonchev–Trinajstić information content (AvgIpc) is 2.69. The summed E-state index contributed by atoms with van der Waals surface area (Å²) in [6.45, 7) is 4.68. The zero-order valence-corrected chi connectivity index (χ0v) is 17.8. The van der Waals surface area contributed by atoms with Gasteiger partial charge in [-0.3, -0.25) is 4.79 Å². The van der Waals surface area contributed by atoms with E-state index in [1.165, 1.54) is 13.0 Å². The number of carbonyl (C=O) groups excluding carboxylic acids is 1. The third kappa shape index (κ3) is 5.27. The highest BCUT2D eigenvalue weighted by Gasteiger charge is 2.26. The number of hydrogen-bond acceptors (Lipinski definition) is 5. The number of sulfonamides is 1. The van der Waals surface area contributed by atoms with Crippen molar-refractivity contribution < 1.29 is 17.9 Å². The third-order valence-electron chi connectivity index (χ3n) is 5.05. The highest BCUT2D eigenvalue weighted by atomic mass is 32.2. The van der Waals surface area contributed by atoms with Gasteiger partial charge in [0.25, 0.3) is 0 Å². The number of hydrogen-bond donors (Lipinski definition) is 2. The lowest BCUT2D eigenvalue weighted by atomic mass is 10.1.